The number of fused-ring (bicyclic) bond motifs is 7. The first-order chi connectivity index (χ1) is 36.0. The average Bonchev–Trinajstić information content (AvgIpc) is 3.55. The van der Waals surface area contributed by atoms with Gasteiger partial charge in [-0.1, -0.05) is 60.1 Å². The van der Waals surface area contributed by atoms with Crippen molar-refractivity contribution in [1.82, 2.24) is 0 Å². The van der Waals surface area contributed by atoms with Gasteiger partial charge in [-0.15, -0.1) is 0 Å². The molecule has 0 aromatic rings. The quantitative estimate of drug-likeness (QED) is 0.0783. The molecule has 8 fully saturated rings. The van der Waals surface area contributed by atoms with Crippen molar-refractivity contribution in [1.29, 1.82) is 0 Å². The number of ether oxygens (including phenoxy) is 8. The minimum absolute atomic E-state index is 0.0121. The van der Waals surface area contributed by atoms with E-state index in [0.717, 1.165) is 38.5 Å². The molecular formula is C54H88O23. The number of allylic oxidation sites excluding steroid dienone is 2. The monoisotopic (exact) mass is 1100 g/mol. The van der Waals surface area contributed by atoms with E-state index in [1.807, 2.05) is 0 Å². The van der Waals surface area contributed by atoms with Gasteiger partial charge in [0.2, 0.25) is 0 Å². The standard InChI is InChI=1S/C54H88O23/c1-22-31(59)34(62)37(65)45(70-22)76-42-36(64)33(61)26(20-56)72-47(42)74-40-39(67)41(44(68)69)75-48(43(40)77-46-38(66)35(63)32(60)25(19-55)71-46)73-30-12-13-51(6)27(50(30,4)5)11-14-52(7)28(51)10-9-23-24-17-49(2,3)15-16-54(24,21-57)29(58)18-53(23,52)8/h9,22,24-43,45-48,55-67H,10-21H2,1-8H3,(H,68,69)/t22-,24-,25+,26+,27-,28+,29+,30-,31-,32+,33-,34+,35-,36-,37+,38+,39-,40-,41-,42+,43+,45-,46-,47-,48+,51-,52+,53+,54+/m0/s1. The highest BCUT2D eigenvalue weighted by molar-refractivity contribution is 5.73. The van der Waals surface area contributed by atoms with Gasteiger partial charge in [-0.2, -0.15) is 0 Å². The normalized spacial score (nSPS) is 54.5. The van der Waals surface area contributed by atoms with Gasteiger partial charge in [-0.3, -0.25) is 0 Å². The second-order valence-electron chi connectivity index (χ2n) is 26.5. The van der Waals surface area contributed by atoms with Crippen LogP contribution in [0.4, 0.5) is 0 Å². The largest absolute Gasteiger partial charge is 0.479 e. The minimum Gasteiger partial charge on any atom is -0.479 e. The smallest absolute Gasteiger partial charge is 0.335 e. The Labute approximate surface area is 449 Å². The zero-order chi connectivity index (χ0) is 56.4. The van der Waals surface area contributed by atoms with Gasteiger partial charge in [0, 0.05) is 5.41 Å². The number of carboxylic acid groups (broad SMARTS) is 1. The predicted octanol–water partition coefficient (Wildman–Crippen LogP) is -1.47. The van der Waals surface area contributed by atoms with E-state index in [9.17, 15) is 76.3 Å². The molecule has 23 nitrogen and oxygen atoms in total. The summed E-state index contributed by atoms with van der Waals surface area (Å²) in [5.41, 5.74) is -0.808. The molecule has 0 radical (unpaired) electrons. The molecular weight excluding hydrogens is 1020 g/mol. The molecule has 29 atom stereocenters. The number of hydrogen-bond donors (Lipinski definition) is 14. The lowest BCUT2D eigenvalue weighted by Gasteiger charge is -2.72. The molecule has 14 N–H and O–H groups in total. The Hall–Kier alpha value is -1.63. The molecule has 0 unspecified atom stereocenters. The van der Waals surface area contributed by atoms with E-state index in [1.54, 1.807) is 0 Å². The van der Waals surface area contributed by atoms with Gasteiger partial charge < -0.3 is 109 Å². The Kier molecular flexibility index (Phi) is 16.8. The van der Waals surface area contributed by atoms with Crippen LogP contribution in [-0.4, -0.2) is 232 Å². The van der Waals surface area contributed by atoms with Gasteiger partial charge in [0.05, 0.1) is 38.1 Å². The summed E-state index contributed by atoms with van der Waals surface area (Å²) in [6, 6.07) is 0. The Bertz CT molecular complexity index is 2130. The summed E-state index contributed by atoms with van der Waals surface area (Å²) in [5.74, 6) is -1.51. The van der Waals surface area contributed by atoms with Crippen LogP contribution in [0.15, 0.2) is 11.6 Å². The molecule has 0 aromatic heterocycles. The van der Waals surface area contributed by atoms with E-state index >= 15 is 0 Å². The maximum absolute atomic E-state index is 13.1. The van der Waals surface area contributed by atoms with Crippen molar-refractivity contribution >= 4 is 5.97 Å². The first kappa shape index (κ1) is 60.0. The van der Waals surface area contributed by atoms with Crippen molar-refractivity contribution < 1.29 is 114 Å². The lowest BCUT2D eigenvalue weighted by molar-refractivity contribution is -0.406. The predicted molar refractivity (Wildman–Crippen MR) is 263 cm³/mol. The average molecular weight is 1110 g/mol. The van der Waals surface area contributed by atoms with E-state index in [2.05, 4.69) is 54.5 Å². The third kappa shape index (κ3) is 9.70. The molecule has 23 heteroatoms. The van der Waals surface area contributed by atoms with E-state index < -0.39 is 165 Å². The number of aliphatic carboxylic acids is 1. The van der Waals surface area contributed by atoms with Crippen LogP contribution in [0.3, 0.4) is 0 Å². The van der Waals surface area contributed by atoms with Crippen molar-refractivity contribution in [3.8, 4) is 0 Å². The SMILES string of the molecule is C[C@@H]1O[C@@H](O[C@H]2[C@H](O[C@H]3[C@H](O)[C@@H](C(=O)O)O[C@@H](O[C@H]4CC[C@]5(C)[C@H]6CC=C7[C@@H]8CC(C)(C)CC[C@]8(CO)[C@H](O)C[C@@]7(C)[C@]6(C)CC[C@H]5C4(C)C)[C@@H]3O[C@@H]3O[C@H](CO)[C@@H](O)[C@H](O)[C@H]3O)O[C@H](CO)[C@H](O)[C@@H]2O)[C@H](O)[C@H](O)[C@H]1O. The number of rotatable bonds is 12. The van der Waals surface area contributed by atoms with Crippen LogP contribution in [-0.2, 0) is 42.7 Å². The number of carboxylic acids is 1. The summed E-state index contributed by atoms with van der Waals surface area (Å²) in [6.07, 6.45) is -29.7. The fourth-order valence-corrected chi connectivity index (χ4v) is 16.6. The maximum atomic E-state index is 13.1. The van der Waals surface area contributed by atoms with Gasteiger partial charge in [0.1, 0.15) is 85.5 Å². The van der Waals surface area contributed by atoms with Crippen molar-refractivity contribution in [3.63, 3.8) is 0 Å². The summed E-state index contributed by atoms with van der Waals surface area (Å²) in [6.45, 7) is 15.3. The van der Waals surface area contributed by atoms with Gasteiger partial charge in [0.15, 0.2) is 31.3 Å². The summed E-state index contributed by atoms with van der Waals surface area (Å²) in [5, 5.41) is 154. The molecule has 0 bridgehead atoms. The first-order valence-electron chi connectivity index (χ1n) is 27.8. The molecule has 9 rings (SSSR count). The summed E-state index contributed by atoms with van der Waals surface area (Å²) in [4.78, 5) is 13.1. The van der Waals surface area contributed by atoms with E-state index in [-0.39, 0.29) is 46.0 Å². The van der Waals surface area contributed by atoms with Gasteiger partial charge in [-0.25, -0.2) is 4.79 Å². The number of aliphatic hydroxyl groups excluding tert-OH is 13. The molecule has 77 heavy (non-hydrogen) atoms. The third-order valence-electron chi connectivity index (χ3n) is 21.5. The summed E-state index contributed by atoms with van der Waals surface area (Å²) in [7, 11) is 0. The summed E-state index contributed by atoms with van der Waals surface area (Å²) >= 11 is 0. The molecule has 4 aliphatic heterocycles. The zero-order valence-corrected chi connectivity index (χ0v) is 45.4. The number of aliphatic hydroxyl groups is 13. The second kappa shape index (κ2) is 21.5. The van der Waals surface area contributed by atoms with Crippen molar-refractivity contribution in [2.45, 2.75) is 248 Å². The lowest BCUT2D eigenvalue weighted by Crippen LogP contribution is -2.69. The molecule has 9 aliphatic rings. The molecule has 4 saturated heterocycles. The Morgan fingerprint density at radius 1 is 0.584 bits per heavy atom. The highest BCUT2D eigenvalue weighted by Gasteiger charge is 2.70. The van der Waals surface area contributed by atoms with Crippen LogP contribution in [0.1, 0.15) is 113 Å². The maximum Gasteiger partial charge on any atom is 0.335 e. The van der Waals surface area contributed by atoms with Crippen LogP contribution in [0.5, 0.6) is 0 Å². The molecule has 4 heterocycles. The van der Waals surface area contributed by atoms with Crippen molar-refractivity contribution in [2.24, 2.45) is 50.2 Å². The van der Waals surface area contributed by atoms with Crippen molar-refractivity contribution in [2.75, 3.05) is 19.8 Å². The van der Waals surface area contributed by atoms with E-state index in [1.165, 1.54) is 12.5 Å². The molecule has 4 saturated carbocycles. The van der Waals surface area contributed by atoms with Crippen LogP contribution < -0.4 is 0 Å². The fourth-order valence-electron chi connectivity index (χ4n) is 16.6. The molecule has 442 valence electrons. The third-order valence-corrected chi connectivity index (χ3v) is 21.5. The highest BCUT2D eigenvalue weighted by atomic mass is 16.8. The van der Waals surface area contributed by atoms with Crippen LogP contribution in [0, 0.1) is 50.2 Å². The molecule has 0 amide bonds. The van der Waals surface area contributed by atoms with Crippen LogP contribution in [0.25, 0.3) is 0 Å². The van der Waals surface area contributed by atoms with Gasteiger partial charge in [-0.05, 0) is 110 Å². The van der Waals surface area contributed by atoms with Crippen molar-refractivity contribution in [3.05, 3.63) is 11.6 Å². The molecule has 0 spiro atoms. The van der Waals surface area contributed by atoms with Crippen LogP contribution in [0.2, 0.25) is 0 Å². The number of carbonyl (C=O) groups is 1. The second-order valence-corrected chi connectivity index (χ2v) is 26.5. The summed E-state index contributed by atoms with van der Waals surface area (Å²) < 4.78 is 49.0. The van der Waals surface area contributed by atoms with Gasteiger partial charge in [0.25, 0.3) is 0 Å². The Balaban J connectivity index is 1.05. The van der Waals surface area contributed by atoms with E-state index in [0.29, 0.717) is 19.3 Å². The van der Waals surface area contributed by atoms with E-state index in [4.69, 9.17) is 37.9 Å². The molecule has 5 aliphatic carbocycles. The Morgan fingerprint density at radius 2 is 1.16 bits per heavy atom. The number of hydrogen-bond acceptors (Lipinski definition) is 22. The zero-order valence-electron chi connectivity index (χ0n) is 45.4. The Morgan fingerprint density at radius 3 is 1.78 bits per heavy atom. The first-order valence-corrected chi connectivity index (χ1v) is 27.8. The topological polar surface area (TPSA) is 374 Å². The minimum atomic E-state index is -2.23. The molecule has 0 aromatic carbocycles. The fraction of sp³-hybridized carbons (Fsp3) is 0.944. The van der Waals surface area contributed by atoms with Crippen LogP contribution >= 0.6 is 0 Å². The lowest BCUT2D eigenvalue weighted by atomic mass is 9.33. The highest BCUT2D eigenvalue weighted by Crippen LogP contribution is 2.76. The van der Waals surface area contributed by atoms with Gasteiger partial charge >= 0.3 is 5.97 Å².